The lowest BCUT2D eigenvalue weighted by atomic mass is 9.84. The molecule has 0 bridgehead atoms. The van der Waals surface area contributed by atoms with Gasteiger partial charge in [-0.05, 0) is 53.1 Å². The summed E-state index contributed by atoms with van der Waals surface area (Å²) in [4.78, 5) is 0. The molecule has 4 heteroatoms. The van der Waals surface area contributed by atoms with Crippen LogP contribution < -0.4 is 14.8 Å². The topological polar surface area (TPSA) is 30.5 Å². The highest BCUT2D eigenvalue weighted by molar-refractivity contribution is 5.35. The molecule has 1 aliphatic rings. The Morgan fingerprint density at radius 2 is 1.32 bits per heavy atom. The van der Waals surface area contributed by atoms with Crippen molar-refractivity contribution in [1.29, 1.82) is 0 Å². The molecule has 2 unspecified atom stereocenters. The van der Waals surface area contributed by atoms with E-state index < -0.39 is 0 Å². The molecular formula is C24H24FNO2. The van der Waals surface area contributed by atoms with Crippen LogP contribution in [0, 0.1) is 5.82 Å². The Balaban J connectivity index is 1.41. The lowest BCUT2D eigenvalue weighted by Crippen LogP contribution is -2.09. The van der Waals surface area contributed by atoms with Crippen LogP contribution in [0.3, 0.4) is 0 Å². The fourth-order valence-corrected chi connectivity index (χ4v) is 3.79. The molecule has 3 aromatic carbocycles. The lowest BCUT2D eigenvalue weighted by Gasteiger charge is -2.20. The smallest absolute Gasteiger partial charge is 0.123 e. The monoisotopic (exact) mass is 377 g/mol. The molecule has 2 atom stereocenters. The number of benzene rings is 3. The summed E-state index contributed by atoms with van der Waals surface area (Å²) >= 11 is 0. The van der Waals surface area contributed by atoms with E-state index in [9.17, 15) is 4.39 Å². The van der Waals surface area contributed by atoms with Crippen molar-refractivity contribution in [3.8, 4) is 11.5 Å². The molecule has 1 N–H and O–H groups in total. The van der Waals surface area contributed by atoms with Gasteiger partial charge in [-0.15, -0.1) is 0 Å². The Kier molecular flexibility index (Phi) is 5.58. The third kappa shape index (κ3) is 4.18. The van der Waals surface area contributed by atoms with Crippen molar-refractivity contribution in [2.45, 2.75) is 18.4 Å². The molecule has 28 heavy (non-hydrogen) atoms. The van der Waals surface area contributed by atoms with E-state index in [1.165, 1.54) is 11.1 Å². The van der Waals surface area contributed by atoms with Gasteiger partial charge in [-0.25, -0.2) is 4.39 Å². The second-order valence-electron chi connectivity index (χ2n) is 7.13. The summed E-state index contributed by atoms with van der Waals surface area (Å²) in [5.41, 5.74) is 3.55. The van der Waals surface area contributed by atoms with Crippen LogP contribution in [-0.4, -0.2) is 20.2 Å². The zero-order valence-corrected chi connectivity index (χ0v) is 15.9. The van der Waals surface area contributed by atoms with Gasteiger partial charge in [0.25, 0.3) is 0 Å². The fraction of sp³-hybridized carbons (Fsp3) is 0.250. The summed E-state index contributed by atoms with van der Waals surface area (Å²) in [5, 5.41) is 3.47. The number of hydrogen-bond donors (Lipinski definition) is 1. The quantitative estimate of drug-likeness (QED) is 0.664. The summed E-state index contributed by atoms with van der Waals surface area (Å²) in [6.45, 7) is 2.35. The Morgan fingerprint density at radius 1 is 0.786 bits per heavy atom. The van der Waals surface area contributed by atoms with E-state index in [2.05, 4.69) is 17.4 Å². The van der Waals surface area contributed by atoms with E-state index >= 15 is 0 Å². The molecule has 0 aromatic heterocycles. The summed E-state index contributed by atoms with van der Waals surface area (Å²) in [6.07, 6.45) is 0. The van der Waals surface area contributed by atoms with Gasteiger partial charge in [0.05, 0.1) is 7.11 Å². The molecule has 0 saturated carbocycles. The van der Waals surface area contributed by atoms with Gasteiger partial charge in [0.15, 0.2) is 0 Å². The molecule has 1 fully saturated rings. The van der Waals surface area contributed by atoms with E-state index in [4.69, 9.17) is 9.47 Å². The maximum atomic E-state index is 13.2. The molecular weight excluding hydrogens is 353 g/mol. The Morgan fingerprint density at radius 3 is 1.89 bits per heavy atom. The highest BCUT2D eigenvalue weighted by Gasteiger charge is 2.29. The van der Waals surface area contributed by atoms with Crippen molar-refractivity contribution in [3.63, 3.8) is 0 Å². The number of hydrogen-bond acceptors (Lipinski definition) is 3. The number of halogens is 1. The molecule has 1 saturated heterocycles. The Bertz CT molecular complexity index is 891. The minimum absolute atomic E-state index is 0.190. The summed E-state index contributed by atoms with van der Waals surface area (Å²) in [7, 11) is 1.66. The molecule has 3 aromatic rings. The number of rotatable bonds is 6. The Hall–Kier alpha value is -2.85. The third-order valence-electron chi connectivity index (χ3n) is 5.39. The first-order valence-corrected chi connectivity index (χ1v) is 9.55. The highest BCUT2D eigenvalue weighted by Crippen LogP contribution is 2.36. The predicted octanol–water partition coefficient (Wildman–Crippen LogP) is 4.88. The zero-order valence-electron chi connectivity index (χ0n) is 15.9. The maximum absolute atomic E-state index is 13.2. The average Bonchev–Trinajstić information content (AvgIpc) is 3.23. The highest BCUT2D eigenvalue weighted by atomic mass is 19.1. The first kappa shape index (κ1) is 18.5. The number of nitrogens with one attached hydrogen (secondary N) is 1. The largest absolute Gasteiger partial charge is 0.497 e. The van der Waals surface area contributed by atoms with Crippen molar-refractivity contribution in [1.82, 2.24) is 5.32 Å². The minimum Gasteiger partial charge on any atom is -0.497 e. The van der Waals surface area contributed by atoms with Crippen molar-refractivity contribution >= 4 is 0 Å². The van der Waals surface area contributed by atoms with E-state index in [0.29, 0.717) is 18.4 Å². The molecule has 0 aliphatic carbocycles. The Labute approximate surface area is 165 Å². The van der Waals surface area contributed by atoms with Gasteiger partial charge in [0.1, 0.15) is 23.9 Å². The normalized spacial score (nSPS) is 18.8. The first-order valence-electron chi connectivity index (χ1n) is 9.55. The van der Waals surface area contributed by atoms with E-state index in [1.54, 1.807) is 19.2 Å². The number of methoxy groups -OCH3 is 1. The lowest BCUT2D eigenvalue weighted by molar-refractivity contribution is 0.306. The van der Waals surface area contributed by atoms with Crippen LogP contribution in [0.15, 0.2) is 72.8 Å². The van der Waals surface area contributed by atoms with E-state index in [0.717, 1.165) is 30.2 Å². The second kappa shape index (κ2) is 8.44. The minimum atomic E-state index is -0.190. The molecule has 0 radical (unpaired) electrons. The van der Waals surface area contributed by atoms with Crippen LogP contribution >= 0.6 is 0 Å². The summed E-state index contributed by atoms with van der Waals surface area (Å²) in [6, 6.07) is 23.1. The first-order chi connectivity index (χ1) is 13.7. The number of ether oxygens (including phenoxy) is 2. The molecule has 1 heterocycles. The summed E-state index contributed by atoms with van der Waals surface area (Å²) in [5.74, 6) is 2.23. The molecule has 0 amide bonds. The maximum Gasteiger partial charge on any atom is 0.123 e. The van der Waals surface area contributed by atoms with Gasteiger partial charge in [-0.3, -0.25) is 0 Å². The van der Waals surface area contributed by atoms with Gasteiger partial charge >= 0.3 is 0 Å². The van der Waals surface area contributed by atoms with Gasteiger partial charge in [0, 0.05) is 24.9 Å². The van der Waals surface area contributed by atoms with Crippen LogP contribution in [-0.2, 0) is 6.61 Å². The molecule has 144 valence electrons. The van der Waals surface area contributed by atoms with Crippen molar-refractivity contribution in [2.75, 3.05) is 20.2 Å². The molecule has 1 aliphatic heterocycles. The molecule has 0 spiro atoms. The zero-order chi connectivity index (χ0) is 19.3. The van der Waals surface area contributed by atoms with Crippen LogP contribution in [0.5, 0.6) is 11.5 Å². The SMILES string of the molecule is COc1ccc(COc2ccc(C3CNCC3c3ccc(F)cc3)cc2)cc1. The van der Waals surface area contributed by atoms with Gasteiger partial charge in [-0.2, -0.15) is 0 Å². The van der Waals surface area contributed by atoms with Crippen LogP contribution in [0.25, 0.3) is 0 Å². The second-order valence-corrected chi connectivity index (χ2v) is 7.13. The van der Waals surface area contributed by atoms with Crippen LogP contribution in [0.2, 0.25) is 0 Å². The van der Waals surface area contributed by atoms with Gasteiger partial charge < -0.3 is 14.8 Å². The third-order valence-corrected chi connectivity index (χ3v) is 5.39. The van der Waals surface area contributed by atoms with Crippen LogP contribution in [0.4, 0.5) is 4.39 Å². The van der Waals surface area contributed by atoms with Crippen LogP contribution in [0.1, 0.15) is 28.5 Å². The van der Waals surface area contributed by atoms with Crippen molar-refractivity contribution in [2.24, 2.45) is 0 Å². The van der Waals surface area contributed by atoms with E-state index in [-0.39, 0.29) is 5.82 Å². The van der Waals surface area contributed by atoms with Crippen molar-refractivity contribution in [3.05, 3.63) is 95.3 Å². The predicted molar refractivity (Wildman–Crippen MR) is 109 cm³/mol. The average molecular weight is 377 g/mol. The van der Waals surface area contributed by atoms with Gasteiger partial charge in [-0.1, -0.05) is 36.4 Å². The van der Waals surface area contributed by atoms with Gasteiger partial charge in [0.2, 0.25) is 0 Å². The standard InChI is InChI=1S/C24H24FNO2/c1-27-21-10-2-17(3-11-21)16-28-22-12-6-19(7-13-22)24-15-26-14-23(24)18-4-8-20(25)9-5-18/h2-13,23-24,26H,14-16H2,1H3. The van der Waals surface area contributed by atoms with E-state index in [1.807, 2.05) is 48.5 Å². The fourth-order valence-electron chi connectivity index (χ4n) is 3.79. The summed E-state index contributed by atoms with van der Waals surface area (Å²) < 4.78 is 24.3. The molecule has 4 rings (SSSR count). The van der Waals surface area contributed by atoms with Crippen molar-refractivity contribution < 1.29 is 13.9 Å². The molecule has 3 nitrogen and oxygen atoms in total.